The molecule has 0 saturated carbocycles. The fraction of sp³-hybridized carbons (Fsp3) is 0.353. The first-order chi connectivity index (χ1) is 13.1. The van der Waals surface area contributed by atoms with Crippen molar-refractivity contribution in [3.8, 4) is 5.75 Å². The van der Waals surface area contributed by atoms with E-state index in [4.69, 9.17) is 9.92 Å². The number of aliphatic hydroxyl groups excluding tert-OH is 1. The number of aliphatic hydroxyl groups is 1. The van der Waals surface area contributed by atoms with Gasteiger partial charge in [0, 0.05) is 24.0 Å². The van der Waals surface area contributed by atoms with E-state index in [-0.39, 0.29) is 22.8 Å². The van der Waals surface area contributed by atoms with Crippen LogP contribution in [0.3, 0.4) is 0 Å². The van der Waals surface area contributed by atoms with E-state index in [1.807, 2.05) is 13.8 Å². The first-order valence-electron chi connectivity index (χ1n) is 8.40. The Morgan fingerprint density at radius 1 is 1.36 bits per heavy atom. The van der Waals surface area contributed by atoms with Crippen LogP contribution in [0.15, 0.2) is 24.4 Å². The van der Waals surface area contributed by atoms with Gasteiger partial charge >= 0.3 is 10.1 Å². The SMILES string of the molecule is CC(C)CNc1nc(Nc2ccc(OS(C)(=O)=O)c(CO)c2)ncc1C(N)=O. The highest BCUT2D eigenvalue weighted by molar-refractivity contribution is 7.86. The normalized spacial score (nSPS) is 11.3. The molecule has 0 atom stereocenters. The third-order valence-corrected chi connectivity index (χ3v) is 3.94. The molecule has 152 valence electrons. The Morgan fingerprint density at radius 2 is 2.07 bits per heavy atom. The van der Waals surface area contributed by atoms with E-state index in [0.29, 0.717) is 24.0 Å². The van der Waals surface area contributed by atoms with E-state index in [9.17, 15) is 18.3 Å². The van der Waals surface area contributed by atoms with Crippen molar-refractivity contribution < 1.29 is 22.5 Å². The van der Waals surface area contributed by atoms with Gasteiger partial charge < -0.3 is 25.7 Å². The van der Waals surface area contributed by atoms with Gasteiger partial charge in [0.15, 0.2) is 0 Å². The Balaban J connectivity index is 2.29. The molecule has 0 fully saturated rings. The average Bonchev–Trinajstić information content (AvgIpc) is 2.60. The Labute approximate surface area is 163 Å². The molecule has 0 bridgehead atoms. The van der Waals surface area contributed by atoms with Gasteiger partial charge in [-0.25, -0.2) is 4.98 Å². The summed E-state index contributed by atoms with van der Waals surface area (Å²) in [5.41, 5.74) is 6.28. The molecule has 11 heteroatoms. The van der Waals surface area contributed by atoms with E-state index in [2.05, 4.69) is 20.6 Å². The molecule has 0 aliphatic rings. The molecule has 5 N–H and O–H groups in total. The van der Waals surface area contributed by atoms with E-state index >= 15 is 0 Å². The number of carbonyl (C=O) groups is 1. The number of benzene rings is 1. The number of aromatic nitrogens is 2. The lowest BCUT2D eigenvalue weighted by Gasteiger charge is -2.14. The topological polar surface area (TPSA) is 157 Å². The number of amides is 1. The van der Waals surface area contributed by atoms with Gasteiger partial charge in [-0.3, -0.25) is 4.79 Å². The molecule has 0 aliphatic heterocycles. The minimum atomic E-state index is -3.72. The van der Waals surface area contributed by atoms with Crippen molar-refractivity contribution in [2.24, 2.45) is 11.7 Å². The minimum absolute atomic E-state index is 0.0276. The van der Waals surface area contributed by atoms with Crippen molar-refractivity contribution in [1.29, 1.82) is 0 Å². The number of nitrogens with two attached hydrogens (primary N) is 1. The summed E-state index contributed by atoms with van der Waals surface area (Å²) in [5.74, 6) is 0.194. The molecule has 2 aromatic rings. The number of anilines is 3. The number of rotatable bonds is 9. The fourth-order valence-corrected chi connectivity index (χ4v) is 2.70. The molecule has 0 radical (unpaired) electrons. The number of nitrogens with one attached hydrogen (secondary N) is 2. The maximum absolute atomic E-state index is 11.6. The van der Waals surface area contributed by atoms with Crippen LogP contribution >= 0.6 is 0 Å². The predicted molar refractivity (Wildman–Crippen MR) is 105 cm³/mol. The lowest BCUT2D eigenvalue weighted by molar-refractivity contribution is 0.100. The van der Waals surface area contributed by atoms with Gasteiger partial charge in [-0.1, -0.05) is 13.8 Å². The second-order valence-electron chi connectivity index (χ2n) is 6.49. The lowest BCUT2D eigenvalue weighted by Crippen LogP contribution is -2.18. The summed E-state index contributed by atoms with van der Waals surface area (Å²) < 4.78 is 27.4. The molecule has 10 nitrogen and oxygen atoms in total. The van der Waals surface area contributed by atoms with Gasteiger partial charge in [0.2, 0.25) is 5.95 Å². The molecule has 0 spiro atoms. The average molecular weight is 409 g/mol. The zero-order chi connectivity index (χ0) is 20.9. The van der Waals surface area contributed by atoms with Crippen molar-refractivity contribution in [2.75, 3.05) is 23.4 Å². The second kappa shape index (κ2) is 8.85. The Hall–Kier alpha value is -2.92. The highest BCUT2D eigenvalue weighted by Crippen LogP contribution is 2.26. The zero-order valence-electron chi connectivity index (χ0n) is 15.8. The lowest BCUT2D eigenvalue weighted by atomic mass is 10.2. The largest absolute Gasteiger partial charge is 0.392 e. The maximum atomic E-state index is 11.6. The fourth-order valence-electron chi connectivity index (χ4n) is 2.21. The molecule has 0 saturated heterocycles. The van der Waals surface area contributed by atoms with E-state index < -0.39 is 22.6 Å². The van der Waals surface area contributed by atoms with Gasteiger partial charge in [-0.2, -0.15) is 13.4 Å². The van der Waals surface area contributed by atoms with Gasteiger partial charge in [0.05, 0.1) is 18.4 Å². The number of primary amides is 1. The van der Waals surface area contributed by atoms with Gasteiger partial charge in [0.1, 0.15) is 11.6 Å². The third kappa shape index (κ3) is 6.06. The molecule has 1 amide bonds. The molecular weight excluding hydrogens is 386 g/mol. The van der Waals surface area contributed by atoms with Crippen LogP contribution in [-0.2, 0) is 16.7 Å². The maximum Gasteiger partial charge on any atom is 0.306 e. The zero-order valence-corrected chi connectivity index (χ0v) is 16.6. The molecule has 1 aromatic heterocycles. The van der Waals surface area contributed by atoms with Crippen molar-refractivity contribution in [2.45, 2.75) is 20.5 Å². The number of hydrogen-bond acceptors (Lipinski definition) is 9. The summed E-state index contributed by atoms with van der Waals surface area (Å²) in [6.45, 7) is 4.17. The molecule has 1 aromatic carbocycles. The van der Waals surface area contributed by atoms with Crippen molar-refractivity contribution in [3.05, 3.63) is 35.5 Å². The molecule has 2 rings (SSSR count). The minimum Gasteiger partial charge on any atom is -0.392 e. The summed E-state index contributed by atoms with van der Waals surface area (Å²) in [7, 11) is -3.72. The predicted octanol–water partition coefficient (Wildman–Crippen LogP) is 1.22. The van der Waals surface area contributed by atoms with Gasteiger partial charge in [-0.15, -0.1) is 0 Å². The summed E-state index contributed by atoms with van der Waals surface area (Å²) >= 11 is 0. The van der Waals surface area contributed by atoms with Gasteiger partial charge in [-0.05, 0) is 24.1 Å². The van der Waals surface area contributed by atoms with Crippen LogP contribution in [0.2, 0.25) is 0 Å². The van der Waals surface area contributed by atoms with Crippen LogP contribution in [0.25, 0.3) is 0 Å². The molecule has 28 heavy (non-hydrogen) atoms. The summed E-state index contributed by atoms with van der Waals surface area (Å²) in [6.07, 6.45) is 2.23. The van der Waals surface area contributed by atoms with Crippen molar-refractivity contribution >= 4 is 33.5 Å². The summed E-state index contributed by atoms with van der Waals surface area (Å²) in [4.78, 5) is 19.9. The second-order valence-corrected chi connectivity index (χ2v) is 8.06. The third-order valence-electron chi connectivity index (χ3n) is 3.46. The smallest absolute Gasteiger partial charge is 0.306 e. The van der Waals surface area contributed by atoms with Gasteiger partial charge in [0.25, 0.3) is 5.91 Å². The Bertz CT molecular complexity index is 962. The summed E-state index contributed by atoms with van der Waals surface area (Å²) in [5, 5.41) is 15.5. The molecular formula is C17H23N5O5S. The van der Waals surface area contributed by atoms with Crippen LogP contribution in [0.1, 0.15) is 29.8 Å². The van der Waals surface area contributed by atoms with E-state index in [1.54, 1.807) is 6.07 Å². The van der Waals surface area contributed by atoms with Crippen molar-refractivity contribution in [3.63, 3.8) is 0 Å². The first-order valence-corrected chi connectivity index (χ1v) is 10.2. The highest BCUT2D eigenvalue weighted by atomic mass is 32.2. The quantitative estimate of drug-likeness (QED) is 0.447. The number of carbonyl (C=O) groups excluding carboxylic acids is 1. The Morgan fingerprint density at radius 3 is 2.64 bits per heavy atom. The highest BCUT2D eigenvalue weighted by Gasteiger charge is 2.14. The number of hydrogen-bond donors (Lipinski definition) is 4. The molecule has 1 heterocycles. The van der Waals surface area contributed by atoms with Crippen LogP contribution in [0, 0.1) is 5.92 Å². The summed E-state index contributed by atoms with van der Waals surface area (Å²) in [6, 6.07) is 4.46. The van der Waals surface area contributed by atoms with E-state index in [1.165, 1.54) is 18.3 Å². The van der Waals surface area contributed by atoms with Crippen molar-refractivity contribution in [1.82, 2.24) is 9.97 Å². The number of nitrogens with zero attached hydrogens (tertiary/aromatic N) is 2. The molecule has 0 unspecified atom stereocenters. The van der Waals surface area contributed by atoms with Crippen LogP contribution in [0.5, 0.6) is 5.75 Å². The Kier molecular flexibility index (Phi) is 6.75. The van der Waals surface area contributed by atoms with Crippen LogP contribution in [0.4, 0.5) is 17.5 Å². The van der Waals surface area contributed by atoms with Crippen LogP contribution in [-0.4, -0.2) is 42.2 Å². The standard InChI is InChI=1S/C17H23N5O5S/c1-10(2)7-19-16-13(15(18)24)8-20-17(22-16)21-12-4-5-14(11(6-12)9-23)27-28(3,25)26/h4-6,8,10,23H,7,9H2,1-3H3,(H2,18,24)(H2,19,20,21,22). The van der Waals surface area contributed by atoms with E-state index in [0.717, 1.165) is 6.26 Å². The first kappa shape index (κ1) is 21.4. The molecule has 0 aliphatic carbocycles. The van der Waals surface area contributed by atoms with Crippen LogP contribution < -0.4 is 20.6 Å². The monoisotopic (exact) mass is 409 g/mol.